The maximum absolute atomic E-state index is 12.4. The molecule has 0 spiro atoms. The van der Waals surface area contributed by atoms with Crippen molar-refractivity contribution < 1.29 is 22.7 Å². The van der Waals surface area contributed by atoms with Crippen LogP contribution in [-0.4, -0.2) is 67.9 Å². The number of carbonyl (C=O) groups excluding carboxylic acids is 1. The summed E-state index contributed by atoms with van der Waals surface area (Å²) in [6.07, 6.45) is -2.12. The minimum Gasteiger partial charge on any atom is -0.383 e. The molecule has 1 atom stereocenters. The number of methoxy groups -OCH3 is 1. The van der Waals surface area contributed by atoms with Crippen LogP contribution in [0.15, 0.2) is 18.3 Å². The molecule has 0 radical (unpaired) electrons. The number of anilines is 1. The van der Waals surface area contributed by atoms with Gasteiger partial charge in [-0.05, 0) is 18.6 Å². The third kappa shape index (κ3) is 5.97. The summed E-state index contributed by atoms with van der Waals surface area (Å²) in [5, 5.41) is 5.79. The first-order chi connectivity index (χ1) is 11.4. The second kappa shape index (κ2) is 8.29. The summed E-state index contributed by atoms with van der Waals surface area (Å²) in [5.41, 5.74) is 0.418. The van der Waals surface area contributed by atoms with Crippen LogP contribution in [0.1, 0.15) is 16.8 Å². The molecule has 0 saturated carbocycles. The Morgan fingerprint density at radius 2 is 2.25 bits per heavy atom. The van der Waals surface area contributed by atoms with Crippen molar-refractivity contribution >= 4 is 11.7 Å². The van der Waals surface area contributed by atoms with E-state index in [0.717, 1.165) is 0 Å². The van der Waals surface area contributed by atoms with Crippen molar-refractivity contribution in [1.29, 1.82) is 0 Å². The fourth-order valence-electron chi connectivity index (χ4n) is 2.54. The van der Waals surface area contributed by atoms with Crippen molar-refractivity contribution in [2.45, 2.75) is 18.6 Å². The largest absolute Gasteiger partial charge is 0.401 e. The van der Waals surface area contributed by atoms with E-state index >= 15 is 0 Å². The van der Waals surface area contributed by atoms with Gasteiger partial charge in [0, 0.05) is 39.0 Å². The molecule has 24 heavy (non-hydrogen) atoms. The molecule has 0 aliphatic carbocycles. The molecule has 0 aromatic carbocycles. The lowest BCUT2D eigenvalue weighted by Crippen LogP contribution is -2.34. The molecular weight excluding hydrogens is 325 g/mol. The van der Waals surface area contributed by atoms with Crippen LogP contribution < -0.4 is 10.6 Å². The Bertz CT molecular complexity index is 537. The minimum atomic E-state index is -4.18. The van der Waals surface area contributed by atoms with Crippen LogP contribution in [0.25, 0.3) is 0 Å². The van der Waals surface area contributed by atoms with Crippen molar-refractivity contribution in [3.8, 4) is 0 Å². The molecule has 0 unspecified atom stereocenters. The SMILES string of the molecule is COCCNC(=O)c1ccc(N[C@H]2CCN(CC(F)(F)F)C2)nc1. The van der Waals surface area contributed by atoms with E-state index < -0.39 is 12.7 Å². The number of alkyl halides is 3. The van der Waals surface area contributed by atoms with E-state index in [1.807, 2.05) is 0 Å². The van der Waals surface area contributed by atoms with Crippen molar-refractivity contribution in [2.75, 3.05) is 45.2 Å². The third-order valence-electron chi connectivity index (χ3n) is 3.64. The van der Waals surface area contributed by atoms with E-state index in [1.165, 1.54) is 11.1 Å². The second-order valence-corrected chi connectivity index (χ2v) is 5.66. The highest BCUT2D eigenvalue weighted by Crippen LogP contribution is 2.21. The number of aromatic nitrogens is 1. The van der Waals surface area contributed by atoms with Crippen molar-refractivity contribution in [1.82, 2.24) is 15.2 Å². The first-order valence-electron chi connectivity index (χ1n) is 7.66. The lowest BCUT2D eigenvalue weighted by Gasteiger charge is -2.18. The summed E-state index contributed by atoms with van der Waals surface area (Å²) in [5.74, 6) is 0.297. The number of carbonyl (C=O) groups is 1. The molecule has 1 aromatic rings. The molecule has 2 heterocycles. The molecule has 1 aliphatic heterocycles. The van der Waals surface area contributed by atoms with Gasteiger partial charge in [0.1, 0.15) is 5.82 Å². The smallest absolute Gasteiger partial charge is 0.383 e. The fourth-order valence-corrected chi connectivity index (χ4v) is 2.54. The zero-order valence-electron chi connectivity index (χ0n) is 13.4. The number of hydrogen-bond donors (Lipinski definition) is 2. The number of hydrogen-bond acceptors (Lipinski definition) is 5. The number of halogens is 3. The average molecular weight is 346 g/mol. The van der Waals surface area contributed by atoms with Gasteiger partial charge in [-0.1, -0.05) is 0 Å². The highest BCUT2D eigenvalue weighted by Gasteiger charge is 2.34. The van der Waals surface area contributed by atoms with Crippen LogP contribution in [-0.2, 0) is 4.74 Å². The molecule has 1 aliphatic rings. The molecule has 134 valence electrons. The van der Waals surface area contributed by atoms with Crippen LogP contribution in [0.3, 0.4) is 0 Å². The fraction of sp³-hybridized carbons (Fsp3) is 0.600. The van der Waals surface area contributed by atoms with E-state index in [2.05, 4.69) is 15.6 Å². The molecule has 1 saturated heterocycles. The van der Waals surface area contributed by atoms with E-state index in [-0.39, 0.29) is 11.9 Å². The number of amides is 1. The normalized spacial score (nSPS) is 18.6. The van der Waals surface area contributed by atoms with E-state index in [9.17, 15) is 18.0 Å². The quantitative estimate of drug-likeness (QED) is 0.733. The summed E-state index contributed by atoms with van der Waals surface area (Å²) >= 11 is 0. The Morgan fingerprint density at radius 1 is 1.46 bits per heavy atom. The van der Waals surface area contributed by atoms with Crippen molar-refractivity contribution in [3.63, 3.8) is 0 Å². The molecule has 2 N–H and O–H groups in total. The van der Waals surface area contributed by atoms with Crippen LogP contribution in [0, 0.1) is 0 Å². The van der Waals surface area contributed by atoms with Gasteiger partial charge in [0.15, 0.2) is 0 Å². The summed E-state index contributed by atoms with van der Waals surface area (Å²) in [7, 11) is 1.55. The second-order valence-electron chi connectivity index (χ2n) is 5.66. The number of nitrogens with zero attached hydrogens (tertiary/aromatic N) is 2. The molecule has 2 rings (SSSR count). The average Bonchev–Trinajstić information content (AvgIpc) is 2.93. The van der Waals surface area contributed by atoms with Gasteiger partial charge in [0.25, 0.3) is 5.91 Å². The number of nitrogens with one attached hydrogen (secondary N) is 2. The zero-order valence-corrected chi connectivity index (χ0v) is 13.4. The van der Waals surface area contributed by atoms with Gasteiger partial charge in [-0.2, -0.15) is 13.2 Å². The molecule has 1 fully saturated rings. The Labute approximate surface area is 138 Å². The topological polar surface area (TPSA) is 66.5 Å². The number of likely N-dealkylation sites (tertiary alicyclic amines) is 1. The van der Waals surface area contributed by atoms with Crippen molar-refractivity contribution in [2.24, 2.45) is 0 Å². The standard InChI is InChI=1S/C15H21F3N4O2/c1-24-7-5-19-14(23)11-2-3-13(20-8-11)21-12-4-6-22(9-12)10-15(16,17)18/h2-3,8,12H,4-7,9-10H2,1H3,(H,19,23)(H,20,21)/t12-/m0/s1. The maximum atomic E-state index is 12.4. The Balaban J connectivity index is 1.81. The van der Waals surface area contributed by atoms with Gasteiger partial charge in [-0.15, -0.1) is 0 Å². The minimum absolute atomic E-state index is 0.0822. The van der Waals surface area contributed by atoms with Crippen LogP contribution >= 0.6 is 0 Å². The van der Waals surface area contributed by atoms with E-state index in [1.54, 1.807) is 19.2 Å². The highest BCUT2D eigenvalue weighted by molar-refractivity contribution is 5.94. The maximum Gasteiger partial charge on any atom is 0.401 e. The lowest BCUT2D eigenvalue weighted by atomic mass is 10.2. The number of pyridine rings is 1. The zero-order chi connectivity index (χ0) is 17.6. The molecule has 1 aromatic heterocycles. The molecule has 6 nitrogen and oxygen atoms in total. The molecule has 0 bridgehead atoms. The van der Waals surface area contributed by atoms with Crippen LogP contribution in [0.5, 0.6) is 0 Å². The van der Waals surface area contributed by atoms with Gasteiger partial charge in [-0.3, -0.25) is 9.69 Å². The summed E-state index contributed by atoms with van der Waals surface area (Å²) < 4.78 is 42.0. The summed E-state index contributed by atoms with van der Waals surface area (Å²) in [4.78, 5) is 17.3. The Kier molecular flexibility index (Phi) is 6.38. The molecule has 1 amide bonds. The van der Waals surface area contributed by atoms with Gasteiger partial charge < -0.3 is 15.4 Å². The number of ether oxygens (including phenoxy) is 1. The van der Waals surface area contributed by atoms with Gasteiger partial charge in [0.05, 0.1) is 18.7 Å². The van der Waals surface area contributed by atoms with Crippen molar-refractivity contribution in [3.05, 3.63) is 23.9 Å². The lowest BCUT2D eigenvalue weighted by molar-refractivity contribution is -0.143. The summed E-state index contributed by atoms with van der Waals surface area (Å²) in [6, 6.07) is 3.19. The monoisotopic (exact) mass is 346 g/mol. The predicted molar refractivity (Wildman–Crippen MR) is 83.0 cm³/mol. The van der Waals surface area contributed by atoms with Gasteiger partial charge >= 0.3 is 6.18 Å². The first kappa shape index (κ1) is 18.5. The van der Waals surface area contributed by atoms with Gasteiger partial charge in [-0.25, -0.2) is 4.98 Å². The first-order valence-corrected chi connectivity index (χ1v) is 7.66. The number of rotatable bonds is 7. The van der Waals surface area contributed by atoms with Crippen LogP contribution in [0.2, 0.25) is 0 Å². The highest BCUT2D eigenvalue weighted by atomic mass is 19.4. The molecular formula is C15H21F3N4O2. The van der Waals surface area contributed by atoms with Crippen LogP contribution in [0.4, 0.5) is 19.0 Å². The summed E-state index contributed by atoms with van der Waals surface area (Å²) in [6.45, 7) is 0.665. The Hall–Kier alpha value is -1.87. The third-order valence-corrected chi connectivity index (χ3v) is 3.64. The van der Waals surface area contributed by atoms with Gasteiger partial charge in [0.2, 0.25) is 0 Å². The predicted octanol–water partition coefficient (Wildman–Crippen LogP) is 1.51. The van der Waals surface area contributed by atoms with E-state index in [4.69, 9.17) is 4.74 Å². The van der Waals surface area contributed by atoms with E-state index in [0.29, 0.717) is 44.0 Å². The molecule has 9 heteroatoms. The Morgan fingerprint density at radius 3 is 2.88 bits per heavy atom.